The molecule has 21 heavy (non-hydrogen) atoms. The highest BCUT2D eigenvalue weighted by Crippen LogP contribution is 2.27. The van der Waals surface area contributed by atoms with E-state index in [1.54, 1.807) is 10.7 Å². The van der Waals surface area contributed by atoms with Crippen molar-refractivity contribution in [3.05, 3.63) is 47.6 Å². The molecule has 0 fully saturated rings. The van der Waals surface area contributed by atoms with Gasteiger partial charge in [0.25, 0.3) is 0 Å². The number of aromatic nitrogens is 3. The first-order valence-corrected chi connectivity index (χ1v) is 7.12. The highest BCUT2D eigenvalue weighted by molar-refractivity contribution is 6.33. The molecule has 5 nitrogen and oxygen atoms in total. The summed E-state index contributed by atoms with van der Waals surface area (Å²) in [6.07, 6.45) is 2.45. The maximum absolute atomic E-state index is 8.82. The fourth-order valence-corrected chi connectivity index (χ4v) is 2.35. The molecule has 2 heterocycles. The van der Waals surface area contributed by atoms with Crippen LogP contribution in [0.25, 0.3) is 16.9 Å². The molecule has 0 saturated heterocycles. The molecule has 0 amide bonds. The van der Waals surface area contributed by atoms with E-state index in [1.165, 1.54) is 0 Å². The van der Waals surface area contributed by atoms with Gasteiger partial charge < -0.3 is 10.4 Å². The van der Waals surface area contributed by atoms with Gasteiger partial charge in [0.2, 0.25) is 0 Å². The van der Waals surface area contributed by atoms with Crippen LogP contribution in [0.3, 0.4) is 0 Å². The number of rotatable bonds is 5. The van der Waals surface area contributed by atoms with Gasteiger partial charge in [0.05, 0.1) is 16.9 Å². The van der Waals surface area contributed by atoms with E-state index in [9.17, 15) is 0 Å². The normalized spacial score (nSPS) is 11.0. The summed E-state index contributed by atoms with van der Waals surface area (Å²) in [5.74, 6) is 0.738. The molecule has 0 radical (unpaired) electrons. The van der Waals surface area contributed by atoms with Gasteiger partial charge in [0.15, 0.2) is 5.65 Å². The third kappa shape index (κ3) is 2.84. The van der Waals surface area contributed by atoms with E-state index in [0.29, 0.717) is 18.0 Å². The van der Waals surface area contributed by atoms with Crippen LogP contribution in [-0.4, -0.2) is 32.9 Å². The van der Waals surface area contributed by atoms with Gasteiger partial charge in [-0.2, -0.15) is 0 Å². The van der Waals surface area contributed by atoms with Gasteiger partial charge in [0, 0.05) is 18.7 Å². The van der Waals surface area contributed by atoms with Crippen LogP contribution in [0, 0.1) is 0 Å². The predicted octanol–water partition coefficient (Wildman–Crippen LogP) is 2.84. The number of halogens is 1. The lowest BCUT2D eigenvalue weighted by molar-refractivity contribution is 0.292. The molecule has 0 aliphatic carbocycles. The van der Waals surface area contributed by atoms with E-state index >= 15 is 0 Å². The second-order valence-electron chi connectivity index (χ2n) is 4.62. The molecule has 6 heteroatoms. The molecule has 1 aromatic carbocycles. The SMILES string of the molecule is OCCCNc1ccc2ncc(-c3ccccc3Cl)n2n1. The fraction of sp³-hybridized carbons (Fsp3) is 0.200. The molecular formula is C15H15ClN4O. The number of hydrogen-bond acceptors (Lipinski definition) is 4. The van der Waals surface area contributed by atoms with Gasteiger partial charge >= 0.3 is 0 Å². The van der Waals surface area contributed by atoms with E-state index < -0.39 is 0 Å². The monoisotopic (exact) mass is 302 g/mol. The lowest BCUT2D eigenvalue weighted by Crippen LogP contribution is -2.07. The standard InChI is InChI=1S/C15H15ClN4O/c16-12-5-2-1-4-11(12)13-10-18-15-7-6-14(19-20(13)15)17-8-3-9-21/h1-2,4-7,10,21H,3,8-9H2,(H,17,19). The lowest BCUT2D eigenvalue weighted by Gasteiger charge is -2.07. The molecule has 0 spiro atoms. The Morgan fingerprint density at radius 2 is 2.05 bits per heavy atom. The Morgan fingerprint density at radius 3 is 2.86 bits per heavy atom. The van der Waals surface area contributed by atoms with E-state index in [1.807, 2.05) is 36.4 Å². The highest BCUT2D eigenvalue weighted by Gasteiger charge is 2.10. The van der Waals surface area contributed by atoms with Gasteiger partial charge in [-0.05, 0) is 24.6 Å². The van der Waals surface area contributed by atoms with E-state index in [4.69, 9.17) is 16.7 Å². The quantitative estimate of drug-likeness (QED) is 0.711. The summed E-state index contributed by atoms with van der Waals surface area (Å²) in [5, 5.41) is 17.2. The van der Waals surface area contributed by atoms with Gasteiger partial charge in [-0.3, -0.25) is 0 Å². The van der Waals surface area contributed by atoms with Gasteiger partial charge in [-0.25, -0.2) is 9.50 Å². The Labute approximate surface area is 127 Å². The lowest BCUT2D eigenvalue weighted by atomic mass is 10.2. The molecule has 2 N–H and O–H groups in total. The second kappa shape index (κ2) is 6.11. The Balaban J connectivity index is 2.00. The van der Waals surface area contributed by atoms with Gasteiger partial charge in [-0.15, -0.1) is 5.10 Å². The Bertz CT molecular complexity index is 756. The molecule has 0 atom stereocenters. The van der Waals surface area contributed by atoms with Crippen LogP contribution in [0.4, 0.5) is 5.82 Å². The predicted molar refractivity (Wildman–Crippen MR) is 83.6 cm³/mol. The Kier molecular flexibility index (Phi) is 4.03. The van der Waals surface area contributed by atoms with Crippen molar-refractivity contribution >= 4 is 23.1 Å². The second-order valence-corrected chi connectivity index (χ2v) is 5.02. The average Bonchev–Trinajstić information content (AvgIpc) is 2.91. The largest absolute Gasteiger partial charge is 0.396 e. The minimum absolute atomic E-state index is 0.158. The Morgan fingerprint density at radius 1 is 1.19 bits per heavy atom. The smallest absolute Gasteiger partial charge is 0.154 e. The zero-order valence-corrected chi connectivity index (χ0v) is 12.1. The minimum atomic E-state index is 0.158. The maximum Gasteiger partial charge on any atom is 0.154 e. The summed E-state index contributed by atoms with van der Waals surface area (Å²) in [4.78, 5) is 4.35. The highest BCUT2D eigenvalue weighted by atomic mass is 35.5. The summed E-state index contributed by atoms with van der Waals surface area (Å²) in [5.41, 5.74) is 2.51. The minimum Gasteiger partial charge on any atom is -0.396 e. The van der Waals surface area contributed by atoms with Gasteiger partial charge in [0.1, 0.15) is 5.82 Å². The van der Waals surface area contributed by atoms with Crippen molar-refractivity contribution in [2.24, 2.45) is 0 Å². The first-order valence-electron chi connectivity index (χ1n) is 6.74. The number of nitrogens with zero attached hydrogens (tertiary/aromatic N) is 3. The number of aliphatic hydroxyl groups is 1. The van der Waals surface area contributed by atoms with Crippen LogP contribution in [0.2, 0.25) is 5.02 Å². The van der Waals surface area contributed by atoms with Crippen LogP contribution in [-0.2, 0) is 0 Å². The molecule has 108 valence electrons. The molecule has 3 aromatic rings. The molecule has 0 aliphatic rings. The van der Waals surface area contributed by atoms with Crippen molar-refractivity contribution in [3.63, 3.8) is 0 Å². The summed E-state index contributed by atoms with van der Waals surface area (Å²) >= 11 is 6.25. The topological polar surface area (TPSA) is 62.5 Å². The fourth-order valence-electron chi connectivity index (χ4n) is 2.12. The number of aliphatic hydroxyl groups excluding tert-OH is 1. The van der Waals surface area contributed by atoms with Crippen LogP contribution < -0.4 is 5.32 Å². The third-order valence-corrected chi connectivity index (χ3v) is 3.48. The van der Waals surface area contributed by atoms with Crippen LogP contribution in [0.15, 0.2) is 42.6 Å². The summed E-state index contributed by atoms with van der Waals surface area (Å²) < 4.78 is 1.77. The summed E-state index contributed by atoms with van der Waals surface area (Å²) in [6, 6.07) is 11.4. The average molecular weight is 303 g/mol. The molecule has 0 bridgehead atoms. The summed E-state index contributed by atoms with van der Waals surface area (Å²) in [6.45, 7) is 0.830. The van der Waals surface area contributed by atoms with Crippen molar-refractivity contribution in [2.45, 2.75) is 6.42 Å². The number of anilines is 1. The number of fused-ring (bicyclic) bond motifs is 1. The molecule has 3 rings (SSSR count). The van der Waals surface area contributed by atoms with Crippen molar-refractivity contribution in [1.29, 1.82) is 0 Å². The molecule has 0 saturated carbocycles. The molecular weight excluding hydrogens is 288 g/mol. The number of benzene rings is 1. The van der Waals surface area contributed by atoms with Crippen molar-refractivity contribution in [3.8, 4) is 11.3 Å². The van der Waals surface area contributed by atoms with Crippen LogP contribution in [0.1, 0.15) is 6.42 Å². The van der Waals surface area contributed by atoms with E-state index in [0.717, 1.165) is 22.7 Å². The van der Waals surface area contributed by atoms with Crippen LogP contribution >= 0.6 is 11.6 Å². The zero-order valence-electron chi connectivity index (χ0n) is 11.3. The van der Waals surface area contributed by atoms with Crippen molar-refractivity contribution in [2.75, 3.05) is 18.5 Å². The molecule has 2 aromatic heterocycles. The number of hydrogen-bond donors (Lipinski definition) is 2. The van der Waals surface area contributed by atoms with E-state index in [-0.39, 0.29) is 6.61 Å². The third-order valence-electron chi connectivity index (χ3n) is 3.15. The Hall–Kier alpha value is -2.11. The maximum atomic E-state index is 8.82. The zero-order chi connectivity index (χ0) is 14.7. The first kappa shape index (κ1) is 13.9. The molecule has 0 aliphatic heterocycles. The first-order chi connectivity index (χ1) is 10.3. The van der Waals surface area contributed by atoms with Crippen molar-refractivity contribution < 1.29 is 5.11 Å². The van der Waals surface area contributed by atoms with E-state index in [2.05, 4.69) is 15.4 Å². The molecule has 0 unspecified atom stereocenters. The van der Waals surface area contributed by atoms with Crippen LogP contribution in [0.5, 0.6) is 0 Å². The number of imidazole rings is 1. The van der Waals surface area contributed by atoms with Crippen molar-refractivity contribution in [1.82, 2.24) is 14.6 Å². The number of nitrogens with one attached hydrogen (secondary N) is 1. The van der Waals surface area contributed by atoms with Gasteiger partial charge in [-0.1, -0.05) is 29.8 Å². The summed E-state index contributed by atoms with van der Waals surface area (Å²) in [7, 11) is 0.